The zero-order valence-electron chi connectivity index (χ0n) is 12.0. The number of esters is 1. The second kappa shape index (κ2) is 9.37. The van der Waals surface area contributed by atoms with Gasteiger partial charge in [-0.15, -0.1) is 0 Å². The molecule has 0 spiro atoms. The smallest absolute Gasteiger partial charge is 0.323 e. The summed E-state index contributed by atoms with van der Waals surface area (Å²) in [6.45, 7) is 5.96. The summed E-state index contributed by atoms with van der Waals surface area (Å²) in [6, 6.07) is -0.0613. The first-order valence-corrected chi connectivity index (χ1v) is 7.64. The lowest BCUT2D eigenvalue weighted by molar-refractivity contribution is -0.147. The number of carbonyl (C=O) groups excluding carboxylic acids is 1. The van der Waals surface area contributed by atoms with Gasteiger partial charge in [-0.2, -0.15) is 0 Å². The van der Waals surface area contributed by atoms with E-state index >= 15 is 0 Å². The van der Waals surface area contributed by atoms with E-state index in [9.17, 15) is 4.79 Å². The number of hydrogen-bond acceptors (Lipinski definition) is 3. The molecule has 0 bridgehead atoms. The Morgan fingerprint density at radius 1 is 1.22 bits per heavy atom. The summed E-state index contributed by atoms with van der Waals surface area (Å²) >= 11 is 0. The Morgan fingerprint density at radius 2 is 1.94 bits per heavy atom. The minimum Gasteiger partial charge on any atom is -0.465 e. The number of unbranched alkanes of at least 4 members (excludes halogenated alkanes) is 5. The maximum absolute atomic E-state index is 11.8. The Bertz CT molecular complexity index is 231. The monoisotopic (exact) mass is 255 g/mol. The van der Waals surface area contributed by atoms with E-state index in [0.29, 0.717) is 12.5 Å². The minimum atomic E-state index is -0.0613. The highest BCUT2D eigenvalue weighted by molar-refractivity contribution is 5.75. The van der Waals surface area contributed by atoms with Gasteiger partial charge < -0.3 is 10.1 Å². The molecule has 0 radical (unpaired) electrons. The minimum absolute atomic E-state index is 0.0462. The van der Waals surface area contributed by atoms with Crippen LogP contribution >= 0.6 is 0 Å². The Balaban J connectivity index is 1.99. The van der Waals surface area contributed by atoms with Crippen molar-refractivity contribution in [3.8, 4) is 0 Å². The third kappa shape index (κ3) is 6.39. The quantitative estimate of drug-likeness (QED) is 0.534. The van der Waals surface area contributed by atoms with Crippen LogP contribution in [0.3, 0.4) is 0 Å². The third-order valence-electron chi connectivity index (χ3n) is 3.69. The predicted octanol–water partition coefficient (Wildman–Crippen LogP) is 3.28. The van der Waals surface area contributed by atoms with E-state index in [4.69, 9.17) is 4.74 Å². The molecule has 1 fully saturated rings. The van der Waals surface area contributed by atoms with Crippen molar-refractivity contribution >= 4 is 5.97 Å². The summed E-state index contributed by atoms with van der Waals surface area (Å²) in [5.74, 6) is 0.591. The summed E-state index contributed by atoms with van der Waals surface area (Å²) in [6.07, 6.45) is 9.47. The van der Waals surface area contributed by atoms with Crippen molar-refractivity contribution in [3.05, 3.63) is 0 Å². The summed E-state index contributed by atoms with van der Waals surface area (Å²) < 4.78 is 5.33. The van der Waals surface area contributed by atoms with E-state index in [-0.39, 0.29) is 12.0 Å². The first-order chi connectivity index (χ1) is 8.74. The van der Waals surface area contributed by atoms with Gasteiger partial charge in [-0.25, -0.2) is 0 Å². The van der Waals surface area contributed by atoms with Crippen LogP contribution in [0.5, 0.6) is 0 Å². The molecular formula is C15H29NO2. The molecule has 3 nitrogen and oxygen atoms in total. The normalized spacial score (nSPS) is 23.9. The molecule has 1 aliphatic rings. The molecule has 0 aromatic heterocycles. The summed E-state index contributed by atoms with van der Waals surface area (Å²) in [5.41, 5.74) is 0. The molecule has 1 rings (SSSR count). The highest BCUT2D eigenvalue weighted by atomic mass is 16.5. The largest absolute Gasteiger partial charge is 0.465 e. The SMILES string of the molecule is CCCCCCCCOC(=O)C1CC(C)CCN1. The van der Waals surface area contributed by atoms with Gasteiger partial charge in [-0.05, 0) is 31.7 Å². The molecule has 1 N–H and O–H groups in total. The van der Waals surface area contributed by atoms with Gasteiger partial charge in [-0.1, -0.05) is 46.0 Å². The second-order valence-corrected chi connectivity index (χ2v) is 5.57. The molecule has 0 aromatic rings. The van der Waals surface area contributed by atoms with Crippen LogP contribution in [0.2, 0.25) is 0 Å². The molecule has 1 heterocycles. The van der Waals surface area contributed by atoms with Gasteiger partial charge in [0.15, 0.2) is 0 Å². The molecule has 106 valence electrons. The fraction of sp³-hybridized carbons (Fsp3) is 0.933. The number of nitrogens with one attached hydrogen (secondary N) is 1. The van der Waals surface area contributed by atoms with E-state index in [1.165, 1.54) is 38.5 Å². The van der Waals surface area contributed by atoms with Crippen molar-refractivity contribution in [2.45, 2.75) is 71.3 Å². The van der Waals surface area contributed by atoms with Gasteiger partial charge in [0.2, 0.25) is 0 Å². The highest BCUT2D eigenvalue weighted by Gasteiger charge is 2.25. The standard InChI is InChI=1S/C15H29NO2/c1-3-4-5-6-7-8-11-18-15(17)14-12-13(2)9-10-16-14/h13-14,16H,3-12H2,1-2H3. The van der Waals surface area contributed by atoms with Crippen molar-refractivity contribution in [2.24, 2.45) is 5.92 Å². The molecule has 0 amide bonds. The van der Waals surface area contributed by atoms with Crippen molar-refractivity contribution in [1.82, 2.24) is 5.32 Å². The van der Waals surface area contributed by atoms with Crippen LogP contribution in [0.4, 0.5) is 0 Å². The lowest BCUT2D eigenvalue weighted by Gasteiger charge is -2.26. The molecule has 0 aromatic carbocycles. The average molecular weight is 255 g/mol. The lowest BCUT2D eigenvalue weighted by Crippen LogP contribution is -2.43. The van der Waals surface area contributed by atoms with Crippen molar-refractivity contribution in [2.75, 3.05) is 13.2 Å². The zero-order valence-corrected chi connectivity index (χ0v) is 12.0. The fourth-order valence-electron chi connectivity index (χ4n) is 2.44. The first-order valence-electron chi connectivity index (χ1n) is 7.64. The molecule has 0 saturated carbocycles. The van der Waals surface area contributed by atoms with Crippen molar-refractivity contribution in [3.63, 3.8) is 0 Å². The fourth-order valence-corrected chi connectivity index (χ4v) is 2.44. The second-order valence-electron chi connectivity index (χ2n) is 5.57. The van der Waals surface area contributed by atoms with Gasteiger partial charge in [0, 0.05) is 0 Å². The average Bonchev–Trinajstić information content (AvgIpc) is 2.37. The number of ether oxygens (including phenoxy) is 1. The predicted molar refractivity (Wildman–Crippen MR) is 74.5 cm³/mol. The zero-order chi connectivity index (χ0) is 13.2. The summed E-state index contributed by atoms with van der Waals surface area (Å²) in [5, 5.41) is 3.24. The first kappa shape index (κ1) is 15.5. The van der Waals surface area contributed by atoms with Gasteiger partial charge in [0.25, 0.3) is 0 Å². The number of hydrogen-bond donors (Lipinski definition) is 1. The van der Waals surface area contributed by atoms with Crippen LogP contribution in [-0.4, -0.2) is 25.2 Å². The molecule has 2 atom stereocenters. The van der Waals surface area contributed by atoms with Crippen LogP contribution in [0, 0.1) is 5.92 Å². The van der Waals surface area contributed by atoms with Crippen molar-refractivity contribution in [1.29, 1.82) is 0 Å². The van der Waals surface area contributed by atoms with Crippen LogP contribution in [-0.2, 0) is 9.53 Å². The van der Waals surface area contributed by atoms with Crippen LogP contribution in [0.15, 0.2) is 0 Å². The van der Waals surface area contributed by atoms with Crippen molar-refractivity contribution < 1.29 is 9.53 Å². The van der Waals surface area contributed by atoms with Crippen LogP contribution in [0.25, 0.3) is 0 Å². The molecule has 1 saturated heterocycles. The maximum Gasteiger partial charge on any atom is 0.323 e. The summed E-state index contributed by atoms with van der Waals surface area (Å²) in [4.78, 5) is 11.8. The third-order valence-corrected chi connectivity index (χ3v) is 3.69. The number of carbonyl (C=O) groups is 1. The summed E-state index contributed by atoms with van der Waals surface area (Å²) in [7, 11) is 0. The molecule has 2 unspecified atom stereocenters. The highest BCUT2D eigenvalue weighted by Crippen LogP contribution is 2.16. The van der Waals surface area contributed by atoms with E-state index in [1.807, 2.05) is 0 Å². The maximum atomic E-state index is 11.8. The van der Waals surface area contributed by atoms with Gasteiger partial charge in [-0.3, -0.25) is 4.79 Å². The van der Waals surface area contributed by atoms with Gasteiger partial charge >= 0.3 is 5.97 Å². The van der Waals surface area contributed by atoms with Gasteiger partial charge in [0.1, 0.15) is 6.04 Å². The van der Waals surface area contributed by atoms with E-state index in [1.54, 1.807) is 0 Å². The molecule has 1 aliphatic heterocycles. The van der Waals surface area contributed by atoms with E-state index in [2.05, 4.69) is 19.2 Å². The van der Waals surface area contributed by atoms with Gasteiger partial charge in [0.05, 0.1) is 6.61 Å². The van der Waals surface area contributed by atoms with Crippen LogP contribution in [0.1, 0.15) is 65.2 Å². The molecular weight excluding hydrogens is 226 g/mol. The molecule has 3 heteroatoms. The van der Waals surface area contributed by atoms with E-state index < -0.39 is 0 Å². The number of piperidine rings is 1. The molecule has 18 heavy (non-hydrogen) atoms. The Labute approximate surface area is 112 Å². The Kier molecular flexibility index (Phi) is 8.06. The topological polar surface area (TPSA) is 38.3 Å². The Hall–Kier alpha value is -0.570. The Morgan fingerprint density at radius 3 is 2.67 bits per heavy atom. The number of rotatable bonds is 8. The lowest BCUT2D eigenvalue weighted by atomic mass is 9.94. The van der Waals surface area contributed by atoms with Crippen LogP contribution < -0.4 is 5.32 Å². The molecule has 0 aliphatic carbocycles. The van der Waals surface area contributed by atoms with E-state index in [0.717, 1.165) is 19.4 Å².